The second-order valence-electron chi connectivity index (χ2n) is 19.2. The van der Waals surface area contributed by atoms with Gasteiger partial charge in [-0.3, -0.25) is 0 Å². The van der Waals surface area contributed by atoms with E-state index in [2.05, 4.69) is 66.5 Å². The van der Waals surface area contributed by atoms with Gasteiger partial charge in [0.1, 0.15) is 11.6 Å². The normalized spacial score (nSPS) is 21.9. The quantitative estimate of drug-likeness (QED) is 0.0748. The summed E-state index contributed by atoms with van der Waals surface area (Å²) in [6.45, 7) is 4.43. The van der Waals surface area contributed by atoms with Crippen LogP contribution in [0, 0.1) is 23.3 Å². The van der Waals surface area contributed by atoms with Crippen molar-refractivity contribution in [3.8, 4) is 11.4 Å². The van der Waals surface area contributed by atoms with Crippen LogP contribution in [0.5, 0.6) is 0 Å². The number of nitrogens with one attached hydrogen (secondary N) is 3. The minimum Gasteiger partial charge on any atom is -0.396 e. The van der Waals surface area contributed by atoms with Crippen LogP contribution in [0.3, 0.4) is 0 Å². The topological polar surface area (TPSA) is 226 Å². The summed E-state index contributed by atoms with van der Waals surface area (Å²) in [4.78, 5) is 45.1. The number of nitrogens with two attached hydrogens (primary N) is 1. The van der Waals surface area contributed by atoms with E-state index >= 15 is 4.39 Å². The van der Waals surface area contributed by atoms with E-state index in [1.54, 1.807) is 0 Å². The number of benzene rings is 2. The zero-order valence-electron chi connectivity index (χ0n) is 39.3. The summed E-state index contributed by atoms with van der Waals surface area (Å²) in [6.07, 6.45) is 14.9. The molecule has 4 saturated heterocycles. The van der Waals surface area contributed by atoms with Crippen LogP contribution in [-0.2, 0) is 14.1 Å². The lowest BCUT2D eigenvalue weighted by Crippen LogP contribution is -2.43. The van der Waals surface area contributed by atoms with Gasteiger partial charge >= 0.3 is 11.4 Å². The third kappa shape index (κ3) is 10.7. The molecule has 6 aromatic rings. The molecule has 2 aliphatic carbocycles. The largest absolute Gasteiger partial charge is 0.396 e. The van der Waals surface area contributed by atoms with Gasteiger partial charge in [0.05, 0.1) is 35.1 Å². The number of piperidine rings is 2. The average molecular weight is 1000 g/mol. The van der Waals surface area contributed by atoms with Crippen LogP contribution in [-0.4, -0.2) is 120 Å². The number of fused-ring (bicyclic) bond motifs is 2. The summed E-state index contributed by atoms with van der Waals surface area (Å²) >= 11 is 5.69. The molecular formula is C46H55ClF4N18O2. The van der Waals surface area contributed by atoms with Gasteiger partial charge in [-0.1, -0.05) is 0 Å². The number of hydrogen-bond acceptors (Lipinski definition) is 16. The standard InChI is InChI=1S/C23H27F2N9O.C12H16ClFN4.C11H12FN5O/c1-32-23(35)34(31-30-32)20-11-19(17(24)10-16(20)13-4-5-13)28-22-26-12-18(25)21(29-22)27-14-6-8-33-7-2-3-15(33)9-14;13-12-15-7-10(14)11(17-12)16-8-3-5-18-4-1-2-9(18)6-8;1-16-11(18)17(15-14-16)10-5-9(13)8(12)4-7(10)6-2-3-6/h10-15H,2-9H2,1H3,(H2,26,27,28,29);7-9H,1-6H2,(H,15,16,17);4-6H,2-3,13H2,1H3. The van der Waals surface area contributed by atoms with Gasteiger partial charge in [-0.05, 0) is 170 Å². The summed E-state index contributed by atoms with van der Waals surface area (Å²) in [5, 5.41) is 24.4. The molecule has 2 aromatic carbocycles. The van der Waals surface area contributed by atoms with Crippen molar-refractivity contribution >= 4 is 40.6 Å². The Morgan fingerprint density at radius 3 is 1.63 bits per heavy atom. The van der Waals surface area contributed by atoms with Gasteiger partial charge in [0.15, 0.2) is 23.3 Å². The van der Waals surface area contributed by atoms with Crippen molar-refractivity contribution < 1.29 is 17.6 Å². The lowest BCUT2D eigenvalue weighted by Gasteiger charge is -2.35. The number of anilines is 5. The summed E-state index contributed by atoms with van der Waals surface area (Å²) in [5.41, 5.74) is 7.29. The predicted molar refractivity (Wildman–Crippen MR) is 256 cm³/mol. The van der Waals surface area contributed by atoms with Crippen molar-refractivity contribution in [1.29, 1.82) is 0 Å². The molecule has 71 heavy (non-hydrogen) atoms. The summed E-state index contributed by atoms with van der Waals surface area (Å²) in [6, 6.07) is 7.34. The Kier molecular flexibility index (Phi) is 13.8. The van der Waals surface area contributed by atoms with Crippen molar-refractivity contribution in [2.24, 2.45) is 14.1 Å². The molecule has 0 amide bonds. The fourth-order valence-corrected chi connectivity index (χ4v) is 10.3. The van der Waals surface area contributed by atoms with E-state index in [0.717, 1.165) is 108 Å². The van der Waals surface area contributed by atoms with Crippen LogP contribution in [0.25, 0.3) is 11.4 Å². The highest BCUT2D eigenvalue weighted by molar-refractivity contribution is 6.28. The minimum absolute atomic E-state index is 0.00644. The SMILES string of the molecule is Cn1nnn(-c2cc(N)c(F)cc2C2CC2)c1=O.Cn1nnn(-c2cc(Nc3ncc(F)c(NC4CCN5CCCC5C4)n3)c(F)cc2C2CC2)c1=O.Fc1cnc(Cl)nc1NC1CCN2CCCC2C1. The summed E-state index contributed by atoms with van der Waals surface area (Å²) < 4.78 is 61.2. The van der Waals surface area contributed by atoms with E-state index in [-0.39, 0.29) is 63.9 Å². The molecule has 20 nitrogen and oxygen atoms in total. The van der Waals surface area contributed by atoms with Gasteiger partial charge < -0.3 is 31.5 Å². The molecule has 376 valence electrons. The van der Waals surface area contributed by atoms with Crippen molar-refractivity contribution in [3.63, 3.8) is 0 Å². The number of aryl methyl sites for hydroxylation is 2. The Morgan fingerprint density at radius 2 is 1.11 bits per heavy atom. The van der Waals surface area contributed by atoms with Crippen LogP contribution < -0.4 is 33.1 Å². The van der Waals surface area contributed by atoms with Crippen LogP contribution in [0.2, 0.25) is 5.28 Å². The van der Waals surface area contributed by atoms with Crippen LogP contribution >= 0.6 is 11.6 Å². The Hall–Kier alpha value is -6.53. The van der Waals surface area contributed by atoms with Gasteiger partial charge in [-0.2, -0.15) is 28.7 Å². The fraction of sp³-hybridized carbons (Fsp3) is 0.522. The van der Waals surface area contributed by atoms with Crippen LogP contribution in [0.15, 0.2) is 46.2 Å². The number of rotatable bonds is 10. The number of nitrogens with zero attached hydrogens (tertiary/aromatic N) is 14. The second-order valence-corrected chi connectivity index (χ2v) is 19.5. The molecule has 5 N–H and O–H groups in total. The third-order valence-corrected chi connectivity index (χ3v) is 14.4. The first-order valence-corrected chi connectivity index (χ1v) is 24.5. The molecule has 4 atom stereocenters. The molecule has 4 aromatic heterocycles. The monoisotopic (exact) mass is 1000 g/mol. The average Bonchev–Trinajstić information content (AvgIpc) is 4.23. The van der Waals surface area contributed by atoms with Gasteiger partial charge in [0, 0.05) is 51.4 Å². The van der Waals surface area contributed by atoms with Crippen molar-refractivity contribution in [3.05, 3.63) is 97.3 Å². The van der Waals surface area contributed by atoms with E-state index in [1.807, 2.05) is 0 Å². The molecule has 0 bridgehead atoms. The van der Waals surface area contributed by atoms with E-state index in [1.165, 1.54) is 70.6 Å². The van der Waals surface area contributed by atoms with Gasteiger partial charge in [-0.15, -0.1) is 0 Å². The molecule has 6 aliphatic rings. The Bertz CT molecular complexity index is 3030. The van der Waals surface area contributed by atoms with E-state index < -0.39 is 29.0 Å². The van der Waals surface area contributed by atoms with E-state index in [9.17, 15) is 22.8 Å². The van der Waals surface area contributed by atoms with Gasteiger partial charge in [0.25, 0.3) is 0 Å². The first-order valence-electron chi connectivity index (χ1n) is 24.2. The number of hydrogen-bond donors (Lipinski definition) is 4. The van der Waals surface area contributed by atoms with E-state index in [0.29, 0.717) is 29.0 Å². The maximum atomic E-state index is 15.1. The zero-order chi connectivity index (χ0) is 49.5. The highest BCUT2D eigenvalue weighted by Crippen LogP contribution is 2.45. The lowest BCUT2D eigenvalue weighted by molar-refractivity contribution is 0.187. The first kappa shape index (κ1) is 48.1. The maximum absolute atomic E-state index is 15.1. The Morgan fingerprint density at radius 1 is 0.606 bits per heavy atom. The molecule has 25 heteroatoms. The number of aromatic nitrogens is 12. The van der Waals surface area contributed by atoms with Gasteiger partial charge in [-0.25, -0.2) is 37.1 Å². The van der Waals surface area contributed by atoms with E-state index in [4.69, 9.17) is 17.3 Å². The maximum Gasteiger partial charge on any atom is 0.368 e. The van der Waals surface area contributed by atoms with Crippen molar-refractivity contribution in [2.45, 2.75) is 113 Å². The number of tetrazole rings is 2. The summed E-state index contributed by atoms with van der Waals surface area (Å²) in [7, 11) is 3.01. The van der Waals surface area contributed by atoms with Gasteiger partial charge in [0.2, 0.25) is 11.2 Å². The Labute approximate surface area is 410 Å². The smallest absolute Gasteiger partial charge is 0.368 e. The Balaban J connectivity index is 0.000000136. The molecule has 0 spiro atoms. The number of nitrogen functional groups attached to an aromatic ring is 1. The summed E-state index contributed by atoms with van der Waals surface area (Å²) in [5.74, 6) is -1.13. The highest BCUT2D eigenvalue weighted by Gasteiger charge is 2.34. The lowest BCUT2D eigenvalue weighted by atomic mass is 9.97. The second kappa shape index (κ2) is 20.3. The van der Waals surface area contributed by atoms with Crippen molar-refractivity contribution in [2.75, 3.05) is 47.9 Å². The number of halogens is 5. The van der Waals surface area contributed by atoms with Crippen molar-refractivity contribution in [1.82, 2.24) is 69.3 Å². The third-order valence-electron chi connectivity index (χ3n) is 14.2. The first-order chi connectivity index (χ1) is 34.3. The molecule has 2 saturated carbocycles. The molecule has 6 fully saturated rings. The highest BCUT2D eigenvalue weighted by atomic mass is 35.5. The van der Waals surface area contributed by atoms with Crippen LogP contribution in [0.1, 0.15) is 100 Å². The molecule has 4 aliphatic heterocycles. The molecule has 8 heterocycles. The van der Waals surface area contributed by atoms with Crippen LogP contribution in [0.4, 0.5) is 46.5 Å². The molecule has 12 rings (SSSR count). The zero-order valence-corrected chi connectivity index (χ0v) is 40.0. The molecular weight excluding hydrogens is 948 g/mol. The predicted octanol–water partition coefficient (Wildman–Crippen LogP) is 5.57. The fourth-order valence-electron chi connectivity index (χ4n) is 10.2. The minimum atomic E-state index is -0.555. The molecule has 4 unspecified atom stereocenters. The molecule has 0 radical (unpaired) electrons.